The van der Waals surface area contributed by atoms with Crippen LogP contribution in [0.1, 0.15) is 32.8 Å². The fourth-order valence-electron chi connectivity index (χ4n) is 2.22. The van der Waals surface area contributed by atoms with E-state index in [1.165, 1.54) is 19.9 Å². The van der Waals surface area contributed by atoms with Gasteiger partial charge in [-0.1, -0.05) is 66.3 Å². The number of allylic oxidation sites excluding steroid dienone is 8. The molecule has 4 nitrogen and oxygen atoms in total. The first-order valence-corrected chi connectivity index (χ1v) is 10.4. The first-order valence-electron chi connectivity index (χ1n) is 9.62. The topological polar surface area (TPSA) is 60.2 Å². The lowest BCUT2D eigenvalue weighted by Crippen LogP contribution is -2.11. The van der Waals surface area contributed by atoms with Crippen LogP contribution in [0.15, 0.2) is 89.4 Å². The average Bonchev–Trinajstić information content (AvgIpc) is 2.72. The molecule has 0 amide bonds. The Balaban J connectivity index is 3.00. The van der Waals surface area contributed by atoms with E-state index in [4.69, 9.17) is 0 Å². The van der Waals surface area contributed by atoms with Crippen molar-refractivity contribution in [2.45, 2.75) is 38.1 Å². The van der Waals surface area contributed by atoms with Crippen molar-refractivity contribution < 1.29 is 9.72 Å². The highest BCUT2D eigenvalue weighted by molar-refractivity contribution is 8.13. The van der Waals surface area contributed by atoms with E-state index in [2.05, 4.69) is 30.3 Å². The summed E-state index contributed by atoms with van der Waals surface area (Å²) in [5, 5.41) is 11.0. The van der Waals surface area contributed by atoms with Crippen LogP contribution in [0.5, 0.6) is 0 Å². The van der Waals surface area contributed by atoms with Crippen LogP contribution in [0.3, 0.4) is 0 Å². The van der Waals surface area contributed by atoms with Gasteiger partial charge in [-0.05, 0) is 43.3 Å². The normalized spacial score (nSPS) is 12.6. The minimum atomic E-state index is -0.855. The van der Waals surface area contributed by atoms with Gasteiger partial charge in [-0.3, -0.25) is 14.9 Å². The summed E-state index contributed by atoms with van der Waals surface area (Å²) in [7, 11) is 0. The molecule has 1 aromatic rings. The van der Waals surface area contributed by atoms with E-state index in [9.17, 15) is 14.9 Å². The quantitative estimate of drug-likeness (QED) is 0.177. The molecule has 0 radical (unpaired) electrons. The zero-order valence-corrected chi connectivity index (χ0v) is 18.7. The maximum Gasteiger partial charge on any atom is 0.230 e. The number of hydrogen-bond donors (Lipinski definition) is 0. The summed E-state index contributed by atoms with van der Waals surface area (Å²) >= 11 is 1.16. The number of rotatable bonds is 7. The van der Waals surface area contributed by atoms with Crippen LogP contribution in [0.2, 0.25) is 0 Å². The highest BCUT2D eigenvalue weighted by Crippen LogP contribution is 2.18. The molecule has 5 heteroatoms. The Bertz CT molecular complexity index is 1040. The molecule has 158 valence electrons. The molecule has 0 heterocycles. The van der Waals surface area contributed by atoms with Crippen LogP contribution in [-0.2, 0) is 4.79 Å². The second-order valence-corrected chi connectivity index (χ2v) is 7.53. The summed E-state index contributed by atoms with van der Waals surface area (Å²) in [5.41, 5.74) is 2.16. The van der Waals surface area contributed by atoms with Crippen LogP contribution in [0.25, 0.3) is 0 Å². The van der Waals surface area contributed by atoms with Gasteiger partial charge in [0.15, 0.2) is 5.12 Å². The molecule has 1 unspecified atom stereocenters. The van der Waals surface area contributed by atoms with Gasteiger partial charge in [0.05, 0.1) is 0 Å². The van der Waals surface area contributed by atoms with Gasteiger partial charge in [0.25, 0.3) is 0 Å². The fraction of sp³-hybridized carbons (Fsp3) is 0.192. The van der Waals surface area contributed by atoms with Crippen molar-refractivity contribution in [2.24, 2.45) is 0 Å². The van der Waals surface area contributed by atoms with Gasteiger partial charge in [0.1, 0.15) is 0 Å². The molecule has 1 rings (SSSR count). The summed E-state index contributed by atoms with van der Waals surface area (Å²) in [6.07, 6.45) is 12.9. The van der Waals surface area contributed by atoms with Crippen LogP contribution in [-0.4, -0.2) is 16.1 Å². The zero-order valence-electron chi connectivity index (χ0n) is 17.9. The maximum atomic E-state index is 11.2. The average molecular weight is 432 g/mol. The van der Waals surface area contributed by atoms with Gasteiger partial charge in [-0.25, -0.2) is 0 Å². The number of carbonyl (C=O) groups excluding carboxylic acids is 1. The van der Waals surface area contributed by atoms with E-state index in [0.29, 0.717) is 12.0 Å². The molecule has 31 heavy (non-hydrogen) atoms. The van der Waals surface area contributed by atoms with E-state index >= 15 is 0 Å². The maximum absolute atomic E-state index is 11.2. The Kier molecular flexibility index (Phi) is 11.9. The lowest BCUT2D eigenvalue weighted by Gasteiger charge is -1.98. The zero-order chi connectivity index (χ0) is 23.1. The first-order chi connectivity index (χ1) is 14.8. The largest absolute Gasteiger partial charge is 0.287 e. The van der Waals surface area contributed by atoms with Gasteiger partial charge in [0.2, 0.25) is 6.04 Å². The van der Waals surface area contributed by atoms with Crippen LogP contribution >= 0.6 is 11.8 Å². The molecule has 0 saturated heterocycles. The summed E-state index contributed by atoms with van der Waals surface area (Å²) in [4.78, 5) is 22.7. The van der Waals surface area contributed by atoms with E-state index in [-0.39, 0.29) is 10.0 Å². The minimum absolute atomic E-state index is 0.0175. The summed E-state index contributed by atoms with van der Waals surface area (Å²) in [5.74, 6) is 12.1. The van der Waals surface area contributed by atoms with Crippen LogP contribution in [0, 0.1) is 33.8 Å². The number of thioether (sulfide) groups is 1. The number of hydrogen-bond acceptors (Lipinski definition) is 4. The SMILES string of the molecule is C=C/C=C(C#CC/C=C\C(C#Cc1ccc(SC(C)=O)cc1)=C/C(C)[N+](=O)[O-])\C=C/C. The second-order valence-electron chi connectivity index (χ2n) is 6.28. The molecule has 0 fully saturated rings. The van der Waals surface area contributed by atoms with E-state index in [1.54, 1.807) is 12.2 Å². The predicted molar refractivity (Wildman–Crippen MR) is 129 cm³/mol. The van der Waals surface area contributed by atoms with Crippen molar-refractivity contribution in [3.63, 3.8) is 0 Å². The van der Waals surface area contributed by atoms with E-state index in [1.807, 2.05) is 55.5 Å². The molecule has 0 aliphatic heterocycles. The van der Waals surface area contributed by atoms with E-state index < -0.39 is 6.04 Å². The second kappa shape index (κ2) is 14.4. The van der Waals surface area contributed by atoms with Crippen molar-refractivity contribution in [2.75, 3.05) is 0 Å². The van der Waals surface area contributed by atoms with Gasteiger partial charge in [-0.15, -0.1) is 0 Å². The van der Waals surface area contributed by atoms with E-state index in [0.717, 1.165) is 27.8 Å². The number of nitro groups is 1. The molecule has 0 bridgehead atoms. The first kappa shape index (κ1) is 25.5. The molecule has 0 aromatic heterocycles. The summed E-state index contributed by atoms with van der Waals surface area (Å²) in [6, 6.07) is 6.42. The monoisotopic (exact) mass is 431 g/mol. The van der Waals surface area contributed by atoms with Gasteiger partial charge in [-0.2, -0.15) is 0 Å². The molecule has 0 saturated carbocycles. The molecular formula is C26H25NO3S. The van der Waals surface area contributed by atoms with Crippen molar-refractivity contribution in [1.82, 2.24) is 0 Å². The number of carbonyl (C=O) groups is 1. The molecule has 0 N–H and O–H groups in total. The van der Waals surface area contributed by atoms with Gasteiger partial charge < -0.3 is 0 Å². The van der Waals surface area contributed by atoms with Gasteiger partial charge in [0, 0.05) is 52.9 Å². The molecule has 1 atom stereocenters. The molecular weight excluding hydrogens is 406 g/mol. The summed E-state index contributed by atoms with van der Waals surface area (Å²) in [6.45, 7) is 8.61. The third-order valence-corrected chi connectivity index (χ3v) is 4.41. The van der Waals surface area contributed by atoms with Gasteiger partial charge >= 0.3 is 0 Å². The van der Waals surface area contributed by atoms with Crippen LogP contribution in [0.4, 0.5) is 0 Å². The summed E-state index contributed by atoms with van der Waals surface area (Å²) < 4.78 is 0. The lowest BCUT2D eigenvalue weighted by atomic mass is 10.1. The predicted octanol–water partition coefficient (Wildman–Crippen LogP) is 5.91. The molecule has 1 aromatic carbocycles. The Morgan fingerprint density at radius 3 is 2.52 bits per heavy atom. The lowest BCUT2D eigenvalue weighted by molar-refractivity contribution is -0.504. The fourth-order valence-corrected chi connectivity index (χ4v) is 2.82. The highest BCUT2D eigenvalue weighted by atomic mass is 32.2. The van der Waals surface area contributed by atoms with Crippen LogP contribution < -0.4 is 0 Å². The van der Waals surface area contributed by atoms with Crippen molar-refractivity contribution in [1.29, 1.82) is 0 Å². The Morgan fingerprint density at radius 2 is 1.94 bits per heavy atom. The smallest absolute Gasteiger partial charge is 0.230 e. The Hall–Kier alpha value is -3.54. The Morgan fingerprint density at radius 1 is 1.23 bits per heavy atom. The third-order valence-electron chi connectivity index (χ3n) is 3.61. The van der Waals surface area contributed by atoms with Crippen molar-refractivity contribution >= 4 is 16.9 Å². The third kappa shape index (κ3) is 11.3. The standard InChI is InChI=1S/C26H25NO3S/c1-5-10-23(11-6-2)12-8-7-9-13-25(20-21(3)27(29)30)15-14-24-16-18-26(19-17-24)31-22(4)28/h5-6,9-11,13,16-21H,1,7H2,2-4H3/b11-6-,13-9-,23-10+,25-20+. The number of benzene rings is 1. The van der Waals surface area contributed by atoms with Crippen molar-refractivity contribution in [3.05, 3.63) is 100 Å². The molecule has 0 aliphatic rings. The minimum Gasteiger partial charge on any atom is -0.287 e. The Labute approximate surface area is 188 Å². The molecule has 0 aliphatic carbocycles. The number of nitrogens with zero attached hydrogens (tertiary/aromatic N) is 1. The highest BCUT2D eigenvalue weighted by Gasteiger charge is 2.08. The molecule has 0 spiro atoms. The van der Waals surface area contributed by atoms with Crippen molar-refractivity contribution in [3.8, 4) is 23.7 Å².